The van der Waals surface area contributed by atoms with Crippen molar-refractivity contribution in [3.8, 4) is 0 Å². The van der Waals surface area contributed by atoms with E-state index in [-0.39, 0.29) is 55.6 Å². The molecule has 4 fully saturated rings. The highest BCUT2D eigenvalue weighted by Crippen LogP contribution is 2.37. The smallest absolute Gasteiger partial charge is 0.320 e. The van der Waals surface area contributed by atoms with Gasteiger partial charge in [-0.05, 0) is 191 Å². The van der Waals surface area contributed by atoms with Crippen LogP contribution in [0.5, 0.6) is 0 Å². The molecule has 27 heteroatoms. The topological polar surface area (TPSA) is 350 Å². The lowest BCUT2D eigenvalue weighted by molar-refractivity contribution is -0.139. The van der Waals surface area contributed by atoms with Gasteiger partial charge in [0, 0.05) is 93.5 Å². The minimum atomic E-state index is -1.10. The molecule has 0 bridgehead atoms. The number of carbonyl (C=O) groups excluding carboxylic acids is 2. The number of aliphatic carboxylic acids is 2. The Balaban J connectivity index is 0.633. The van der Waals surface area contributed by atoms with Crippen LogP contribution in [0.3, 0.4) is 0 Å². The van der Waals surface area contributed by atoms with Crippen LogP contribution >= 0.6 is 0 Å². The first kappa shape index (κ1) is 70.1. The normalized spacial score (nSPS) is 19.2. The van der Waals surface area contributed by atoms with Crippen LogP contribution in [-0.2, 0) is 45.4 Å². The number of aromatic nitrogens is 10. The molecule has 5 heterocycles. The minimum Gasteiger partial charge on any atom is -0.481 e. The summed E-state index contributed by atoms with van der Waals surface area (Å²) in [5, 5.41) is 66.6. The van der Waals surface area contributed by atoms with Crippen molar-refractivity contribution in [1.82, 2.24) is 81.4 Å². The lowest BCUT2D eigenvalue weighted by Gasteiger charge is -2.33. The number of hydrogen-bond acceptors (Lipinski definition) is 21. The number of nitrogens with one attached hydrogen (secondary N) is 8. The molecule has 4 aromatic heterocycles. The summed E-state index contributed by atoms with van der Waals surface area (Å²) in [4.78, 5) is 71.3. The third-order valence-corrected chi connectivity index (χ3v) is 19.3. The van der Waals surface area contributed by atoms with Gasteiger partial charge in [0.05, 0.1) is 36.5 Å². The van der Waals surface area contributed by atoms with Crippen LogP contribution in [-0.4, -0.2) is 184 Å². The first-order chi connectivity index (χ1) is 46.3. The second kappa shape index (κ2) is 36.4. The van der Waals surface area contributed by atoms with E-state index in [0.717, 1.165) is 187 Å². The third kappa shape index (κ3) is 22.2. The Kier molecular flexibility index (Phi) is 26.9. The third-order valence-electron chi connectivity index (χ3n) is 19.3. The molecule has 0 radical (unpaired) electrons. The summed E-state index contributed by atoms with van der Waals surface area (Å²) in [5.74, 6) is 0.955. The van der Waals surface area contributed by atoms with Gasteiger partial charge in [-0.25, -0.2) is 9.97 Å². The number of carbonyl (C=O) groups is 4. The zero-order valence-electron chi connectivity index (χ0n) is 55.7. The number of likely N-dealkylation sites (tertiary alicyclic amines) is 1. The molecule has 516 valence electrons. The van der Waals surface area contributed by atoms with Crippen LogP contribution in [0.4, 0.5) is 23.5 Å². The SMILES string of the molecule is CN(Cc1cn(CCCNCCCNC2CCC(c3ccc4nc(NCc5cn(CCCNCCCNC6CCCCC6)nn5)nc(NC5CCC(NC(=O)CCCC(=O)O)CC5)c4c3)CC2)nn1)c1nc(NC2CCN(C(=O)CC[C@H](N)C(=O)O)CC2)c2ccccc2n1. The standard InChI is InChI=1S/C68H103N21O6/c1-86(68-79-59-15-6-5-14-56(59)64(81-68)77-53-30-40-87(41-31-53)62(91)29-27-58(69)66(94)95)44-55-46-89(85-83-55)39-11-35-71-33-9-37-73-50-21-18-47(19-22-50)48-20-28-60-57(42-48)65(76-52-25-23-51(24-26-52)75-61(90)16-7-17-63(92)93)80-67(78-60)74-43-54-45-88(84-82-54)38-10-34-70-32-8-36-72-49-12-3-2-4-13-49/h5-6,14-15,20,28,42,45-47,49-53,58,70-73H,2-4,7-13,16-19,21-27,29-41,43-44,69H2,1H3,(H,75,90)(H,92,93)(H,94,95)(H,77,79,81)(H2,74,76,78,80)/t47?,50?,51?,52?,58-/m0/s1. The first-order valence-electron chi connectivity index (χ1n) is 35.3. The van der Waals surface area contributed by atoms with Gasteiger partial charge in [-0.2, -0.15) is 9.97 Å². The van der Waals surface area contributed by atoms with E-state index >= 15 is 0 Å². The highest BCUT2D eigenvalue weighted by molar-refractivity contribution is 5.91. The maximum atomic E-state index is 12.8. The van der Waals surface area contributed by atoms with E-state index in [1.807, 2.05) is 58.0 Å². The van der Waals surface area contributed by atoms with Crippen molar-refractivity contribution in [3.05, 3.63) is 71.8 Å². The van der Waals surface area contributed by atoms with Gasteiger partial charge in [0.25, 0.3) is 0 Å². The number of piperidine rings is 1. The van der Waals surface area contributed by atoms with Crippen molar-refractivity contribution in [3.63, 3.8) is 0 Å². The zero-order valence-corrected chi connectivity index (χ0v) is 55.7. The summed E-state index contributed by atoms with van der Waals surface area (Å²) in [7, 11) is 1.95. The fraction of sp³-hybridized carbons (Fsp3) is 0.647. The largest absolute Gasteiger partial charge is 0.481 e. The van der Waals surface area contributed by atoms with Crippen LogP contribution in [0, 0.1) is 0 Å². The summed E-state index contributed by atoms with van der Waals surface area (Å²) in [6, 6.07) is 15.1. The molecule has 27 nitrogen and oxygen atoms in total. The molecule has 10 rings (SSSR count). The molecule has 0 spiro atoms. The molecule has 2 aromatic carbocycles. The molecule has 1 saturated heterocycles. The Morgan fingerprint density at radius 1 is 0.611 bits per heavy atom. The number of amides is 2. The van der Waals surface area contributed by atoms with Gasteiger partial charge >= 0.3 is 11.9 Å². The summed E-state index contributed by atoms with van der Waals surface area (Å²) in [6.07, 6.45) is 24.9. The van der Waals surface area contributed by atoms with E-state index in [1.165, 1.54) is 37.7 Å². The lowest BCUT2D eigenvalue weighted by Crippen LogP contribution is -2.43. The first-order valence-corrected chi connectivity index (χ1v) is 35.3. The summed E-state index contributed by atoms with van der Waals surface area (Å²) >= 11 is 0. The number of anilines is 4. The average molecular weight is 1310 g/mol. The molecule has 95 heavy (non-hydrogen) atoms. The molecule has 4 aliphatic rings. The van der Waals surface area contributed by atoms with Gasteiger partial charge in [0.2, 0.25) is 23.7 Å². The molecule has 2 amide bonds. The summed E-state index contributed by atoms with van der Waals surface area (Å²) < 4.78 is 3.81. The van der Waals surface area contributed by atoms with Crippen LogP contribution in [0.1, 0.15) is 177 Å². The maximum Gasteiger partial charge on any atom is 0.320 e. The van der Waals surface area contributed by atoms with Crippen molar-refractivity contribution in [2.45, 2.75) is 222 Å². The second-order valence-electron chi connectivity index (χ2n) is 26.7. The van der Waals surface area contributed by atoms with Crippen molar-refractivity contribution in [2.24, 2.45) is 5.73 Å². The van der Waals surface area contributed by atoms with E-state index in [1.54, 1.807) is 4.90 Å². The average Bonchev–Trinajstić information content (AvgIpc) is 1.38. The van der Waals surface area contributed by atoms with Gasteiger partial charge in [0.1, 0.15) is 29.1 Å². The lowest BCUT2D eigenvalue weighted by atomic mass is 9.81. The van der Waals surface area contributed by atoms with Gasteiger partial charge < -0.3 is 68.3 Å². The van der Waals surface area contributed by atoms with Crippen molar-refractivity contribution >= 4 is 69.1 Å². The molecular weight excluding hydrogens is 1210 g/mol. The summed E-state index contributed by atoms with van der Waals surface area (Å²) in [6.45, 7) is 9.41. The monoisotopic (exact) mass is 1310 g/mol. The van der Waals surface area contributed by atoms with Crippen LogP contribution in [0.2, 0.25) is 0 Å². The number of rotatable bonds is 38. The number of carboxylic acid groups (broad SMARTS) is 2. The molecule has 6 aromatic rings. The Morgan fingerprint density at radius 3 is 1.92 bits per heavy atom. The van der Waals surface area contributed by atoms with Crippen LogP contribution in [0.25, 0.3) is 21.8 Å². The molecule has 3 saturated carbocycles. The number of nitrogens with zero attached hydrogens (tertiary/aromatic N) is 12. The van der Waals surface area contributed by atoms with Gasteiger partial charge in [-0.1, -0.05) is 47.9 Å². The van der Waals surface area contributed by atoms with Crippen molar-refractivity contribution in [1.29, 1.82) is 0 Å². The van der Waals surface area contributed by atoms with E-state index in [0.29, 0.717) is 62.5 Å². The number of hydrogen-bond donors (Lipinski definition) is 11. The second-order valence-corrected chi connectivity index (χ2v) is 26.7. The molecule has 1 atom stereocenters. The number of benzene rings is 2. The molecule has 3 aliphatic carbocycles. The highest BCUT2D eigenvalue weighted by atomic mass is 16.4. The Labute approximate surface area is 557 Å². The van der Waals surface area contributed by atoms with E-state index in [9.17, 15) is 19.2 Å². The quantitative estimate of drug-likeness (QED) is 0.0180. The Morgan fingerprint density at radius 2 is 1.22 bits per heavy atom. The summed E-state index contributed by atoms with van der Waals surface area (Å²) in [5.41, 5.74) is 10.3. The molecular formula is C68H103N21O6. The fourth-order valence-corrected chi connectivity index (χ4v) is 13.7. The fourth-order valence-electron chi connectivity index (χ4n) is 13.7. The van der Waals surface area contributed by atoms with Crippen LogP contribution < -0.4 is 53.2 Å². The predicted octanol–water partition coefficient (Wildman–Crippen LogP) is 6.67. The Hall–Kier alpha value is -7.72. The van der Waals surface area contributed by atoms with E-state index in [4.69, 9.17) is 35.9 Å². The zero-order chi connectivity index (χ0) is 66.1. The van der Waals surface area contributed by atoms with Crippen molar-refractivity contribution in [2.75, 3.05) is 80.3 Å². The minimum absolute atomic E-state index is 0.00497. The molecule has 0 unspecified atom stereocenters. The highest BCUT2D eigenvalue weighted by Gasteiger charge is 2.28. The van der Waals surface area contributed by atoms with Crippen LogP contribution in [0.15, 0.2) is 54.9 Å². The molecule has 1 aliphatic heterocycles. The number of para-hydroxylation sites is 1. The maximum absolute atomic E-state index is 12.8. The number of aryl methyl sites for hydroxylation is 2. The van der Waals surface area contributed by atoms with E-state index < -0.39 is 18.0 Å². The number of fused-ring (bicyclic) bond motifs is 2. The number of carboxylic acids is 2. The number of nitrogens with two attached hydrogens (primary N) is 1. The Bertz CT molecular complexity index is 3370. The van der Waals surface area contributed by atoms with Gasteiger partial charge in [-0.15, -0.1) is 10.2 Å². The van der Waals surface area contributed by atoms with Gasteiger partial charge in [0.15, 0.2) is 0 Å². The predicted molar refractivity (Wildman–Crippen MR) is 368 cm³/mol. The molecule has 12 N–H and O–H groups in total. The van der Waals surface area contributed by atoms with Gasteiger partial charge in [-0.3, -0.25) is 28.5 Å². The van der Waals surface area contributed by atoms with E-state index in [2.05, 4.69) is 81.4 Å². The van der Waals surface area contributed by atoms with Crippen molar-refractivity contribution < 1.29 is 29.4 Å².